The molecule has 0 bridgehead atoms. The predicted molar refractivity (Wildman–Crippen MR) is 75.2 cm³/mol. The van der Waals surface area contributed by atoms with Crippen LogP contribution in [0.15, 0.2) is 23.1 Å². The van der Waals surface area contributed by atoms with Crippen molar-refractivity contribution in [3.05, 3.63) is 28.2 Å². The van der Waals surface area contributed by atoms with Crippen LogP contribution in [0, 0.1) is 0 Å². The summed E-state index contributed by atoms with van der Waals surface area (Å²) >= 11 is 11.9. The van der Waals surface area contributed by atoms with E-state index < -0.39 is 10.0 Å². The summed E-state index contributed by atoms with van der Waals surface area (Å²) in [5.74, 6) is 0. The van der Waals surface area contributed by atoms with Crippen molar-refractivity contribution in [1.29, 1.82) is 0 Å². The fraction of sp³-hybridized carbons (Fsp3) is 0.500. The highest BCUT2D eigenvalue weighted by Gasteiger charge is 2.33. The smallest absolute Gasteiger partial charge is 0.244 e. The summed E-state index contributed by atoms with van der Waals surface area (Å²) in [5.41, 5.74) is 0. The molecule has 1 aliphatic heterocycles. The van der Waals surface area contributed by atoms with E-state index in [9.17, 15) is 8.42 Å². The zero-order valence-corrected chi connectivity index (χ0v) is 13.0. The van der Waals surface area contributed by atoms with Crippen molar-refractivity contribution in [1.82, 2.24) is 4.31 Å². The van der Waals surface area contributed by atoms with Gasteiger partial charge >= 0.3 is 0 Å². The molecule has 4 nitrogen and oxygen atoms in total. The van der Waals surface area contributed by atoms with E-state index in [0.29, 0.717) is 13.1 Å². The van der Waals surface area contributed by atoms with Crippen LogP contribution < -0.4 is 0 Å². The molecule has 1 heterocycles. The number of sulfonamides is 1. The van der Waals surface area contributed by atoms with Gasteiger partial charge in [-0.15, -0.1) is 0 Å². The summed E-state index contributed by atoms with van der Waals surface area (Å²) in [4.78, 5) is 0.0444. The Morgan fingerprint density at radius 3 is 2.37 bits per heavy atom. The molecule has 1 saturated heterocycles. The molecule has 2 atom stereocenters. The van der Waals surface area contributed by atoms with E-state index in [0.717, 1.165) is 0 Å². The number of hydrogen-bond acceptors (Lipinski definition) is 3. The normalized spacial score (nSPS) is 25.5. The van der Waals surface area contributed by atoms with Crippen LogP contribution in [0.25, 0.3) is 0 Å². The summed E-state index contributed by atoms with van der Waals surface area (Å²) in [7, 11) is -3.64. The van der Waals surface area contributed by atoms with Gasteiger partial charge in [0.2, 0.25) is 10.0 Å². The molecule has 0 unspecified atom stereocenters. The molecule has 1 aliphatic rings. The number of morpholine rings is 1. The van der Waals surface area contributed by atoms with Crippen LogP contribution >= 0.6 is 23.2 Å². The quantitative estimate of drug-likeness (QED) is 0.840. The zero-order valence-electron chi connectivity index (χ0n) is 10.6. The highest BCUT2D eigenvalue weighted by atomic mass is 35.5. The lowest BCUT2D eigenvalue weighted by Crippen LogP contribution is -2.48. The van der Waals surface area contributed by atoms with E-state index >= 15 is 0 Å². The van der Waals surface area contributed by atoms with Gasteiger partial charge in [-0.1, -0.05) is 29.3 Å². The van der Waals surface area contributed by atoms with Gasteiger partial charge in [-0.05, 0) is 26.0 Å². The predicted octanol–water partition coefficient (Wildman–Crippen LogP) is 2.79. The number of benzene rings is 1. The molecule has 1 fully saturated rings. The van der Waals surface area contributed by atoms with Gasteiger partial charge in [-0.3, -0.25) is 0 Å². The lowest BCUT2D eigenvalue weighted by atomic mass is 10.3. The van der Waals surface area contributed by atoms with Gasteiger partial charge in [0, 0.05) is 13.1 Å². The first-order chi connectivity index (χ1) is 8.82. The van der Waals surface area contributed by atoms with E-state index in [1.807, 2.05) is 13.8 Å². The van der Waals surface area contributed by atoms with Crippen molar-refractivity contribution >= 4 is 33.2 Å². The van der Waals surface area contributed by atoms with Gasteiger partial charge < -0.3 is 4.74 Å². The minimum Gasteiger partial charge on any atom is -0.373 e. The molecule has 7 heteroatoms. The summed E-state index contributed by atoms with van der Waals surface area (Å²) in [5, 5.41) is 0.299. The molecule has 106 valence electrons. The van der Waals surface area contributed by atoms with E-state index in [1.165, 1.54) is 10.4 Å². The van der Waals surface area contributed by atoms with Gasteiger partial charge in [-0.25, -0.2) is 8.42 Å². The van der Waals surface area contributed by atoms with Crippen molar-refractivity contribution in [2.45, 2.75) is 31.0 Å². The molecule has 1 aromatic carbocycles. The van der Waals surface area contributed by atoms with Crippen LogP contribution in [0.2, 0.25) is 10.0 Å². The van der Waals surface area contributed by atoms with E-state index in [2.05, 4.69) is 0 Å². The average Bonchev–Trinajstić information content (AvgIpc) is 2.31. The van der Waals surface area contributed by atoms with Gasteiger partial charge in [0.25, 0.3) is 0 Å². The Balaban J connectivity index is 2.39. The summed E-state index contributed by atoms with van der Waals surface area (Å²) < 4.78 is 32.1. The second-order valence-corrected chi connectivity index (χ2v) is 7.32. The summed E-state index contributed by atoms with van der Waals surface area (Å²) in [6.45, 7) is 4.32. The molecular formula is C12H15Cl2NO3S. The first-order valence-corrected chi connectivity index (χ1v) is 8.11. The van der Waals surface area contributed by atoms with Crippen LogP contribution in [0.1, 0.15) is 13.8 Å². The SMILES string of the molecule is C[C@H]1CN(S(=O)(=O)c2cccc(Cl)c2Cl)C[C@H](C)O1. The Bertz CT molecular complexity index is 566. The minimum atomic E-state index is -3.64. The Hall–Kier alpha value is -0.330. The largest absolute Gasteiger partial charge is 0.373 e. The number of hydrogen-bond donors (Lipinski definition) is 0. The van der Waals surface area contributed by atoms with Crippen molar-refractivity contribution in [3.8, 4) is 0 Å². The van der Waals surface area contributed by atoms with Gasteiger partial charge in [0.15, 0.2) is 0 Å². The third kappa shape index (κ3) is 3.06. The average molecular weight is 324 g/mol. The van der Waals surface area contributed by atoms with Crippen molar-refractivity contribution in [3.63, 3.8) is 0 Å². The Labute approximate surface area is 123 Å². The van der Waals surface area contributed by atoms with Crippen molar-refractivity contribution in [2.75, 3.05) is 13.1 Å². The number of nitrogens with zero attached hydrogens (tertiary/aromatic N) is 1. The van der Waals surface area contributed by atoms with Gasteiger partial charge in [-0.2, -0.15) is 4.31 Å². The molecule has 0 amide bonds. The maximum absolute atomic E-state index is 12.6. The second-order valence-electron chi connectivity index (χ2n) is 4.63. The van der Waals surface area contributed by atoms with E-state index in [4.69, 9.17) is 27.9 Å². The fourth-order valence-electron chi connectivity index (χ4n) is 2.15. The summed E-state index contributed by atoms with van der Waals surface area (Å²) in [6.07, 6.45) is -0.284. The van der Waals surface area contributed by atoms with Crippen LogP contribution in [0.5, 0.6) is 0 Å². The fourth-order valence-corrected chi connectivity index (χ4v) is 4.48. The molecule has 0 aliphatic carbocycles. The first-order valence-electron chi connectivity index (χ1n) is 5.92. The zero-order chi connectivity index (χ0) is 14.2. The van der Waals surface area contributed by atoms with Crippen LogP contribution in [0.3, 0.4) is 0 Å². The number of rotatable bonds is 2. The van der Waals surface area contributed by atoms with Gasteiger partial charge in [0.1, 0.15) is 4.90 Å². The maximum Gasteiger partial charge on any atom is 0.244 e. The lowest BCUT2D eigenvalue weighted by molar-refractivity contribution is -0.0440. The number of ether oxygens (including phenoxy) is 1. The molecule has 2 rings (SSSR count). The van der Waals surface area contributed by atoms with Crippen molar-refractivity contribution < 1.29 is 13.2 Å². The van der Waals surface area contributed by atoms with Crippen LogP contribution in [0.4, 0.5) is 0 Å². The molecular weight excluding hydrogens is 309 g/mol. The van der Waals surface area contributed by atoms with Gasteiger partial charge in [0.05, 0.1) is 22.3 Å². The molecule has 0 aromatic heterocycles. The monoisotopic (exact) mass is 323 g/mol. The molecule has 0 saturated carbocycles. The van der Waals surface area contributed by atoms with Crippen molar-refractivity contribution in [2.24, 2.45) is 0 Å². The van der Waals surface area contributed by atoms with E-state index in [1.54, 1.807) is 12.1 Å². The number of halogens is 2. The molecule has 0 radical (unpaired) electrons. The van der Waals surface area contributed by atoms with Crippen LogP contribution in [-0.2, 0) is 14.8 Å². The third-order valence-corrected chi connectivity index (χ3v) is 5.73. The highest BCUT2D eigenvalue weighted by molar-refractivity contribution is 7.89. The Morgan fingerprint density at radius 2 is 1.79 bits per heavy atom. The Kier molecular flexibility index (Phi) is 4.42. The van der Waals surface area contributed by atoms with E-state index in [-0.39, 0.29) is 27.1 Å². The minimum absolute atomic E-state index is 0.0444. The Morgan fingerprint density at radius 1 is 1.21 bits per heavy atom. The molecule has 0 spiro atoms. The molecule has 1 aromatic rings. The standard InChI is InChI=1S/C12H15Cl2NO3S/c1-8-6-15(7-9(2)18-8)19(16,17)11-5-3-4-10(13)12(11)14/h3-5,8-9H,6-7H2,1-2H3/t8-,9-/m0/s1. The van der Waals surface area contributed by atoms with Crippen LogP contribution in [-0.4, -0.2) is 38.0 Å². The summed E-state index contributed by atoms with van der Waals surface area (Å²) in [6, 6.07) is 4.61. The lowest BCUT2D eigenvalue weighted by Gasteiger charge is -2.34. The third-order valence-electron chi connectivity index (χ3n) is 2.92. The maximum atomic E-state index is 12.6. The molecule has 0 N–H and O–H groups in total. The first kappa shape index (κ1) is 15.1. The molecule has 19 heavy (non-hydrogen) atoms. The second kappa shape index (κ2) is 5.58. The highest BCUT2D eigenvalue weighted by Crippen LogP contribution is 2.31. The topological polar surface area (TPSA) is 46.6 Å².